The van der Waals surface area contributed by atoms with Crippen molar-refractivity contribution in [3.63, 3.8) is 0 Å². The maximum atomic E-state index is 12.4. The van der Waals surface area contributed by atoms with E-state index in [1.807, 2.05) is 0 Å². The minimum absolute atomic E-state index is 0.00232. The number of benzene rings is 1. The number of hydrogen-bond donors (Lipinski definition) is 2. The van der Waals surface area contributed by atoms with Gasteiger partial charge in [-0.1, -0.05) is 24.3 Å². The lowest BCUT2D eigenvalue weighted by atomic mass is 10.1. The van der Waals surface area contributed by atoms with Crippen molar-refractivity contribution < 1.29 is 22.4 Å². The van der Waals surface area contributed by atoms with Crippen molar-refractivity contribution in [2.24, 2.45) is 0 Å². The molecule has 1 aromatic carbocycles. The fourth-order valence-electron chi connectivity index (χ4n) is 2.47. The van der Waals surface area contributed by atoms with E-state index in [1.165, 1.54) is 26.4 Å². The summed E-state index contributed by atoms with van der Waals surface area (Å²) in [6.45, 7) is 5.31. The molecule has 0 radical (unpaired) electrons. The van der Waals surface area contributed by atoms with Gasteiger partial charge in [0.05, 0.1) is 30.5 Å². The molecule has 0 aliphatic carbocycles. The maximum Gasteiger partial charge on any atom is 0.348 e. The van der Waals surface area contributed by atoms with E-state index in [1.54, 1.807) is 19.1 Å². The number of hydrogen-bond acceptors (Lipinski definition) is 6. The van der Waals surface area contributed by atoms with E-state index in [9.17, 15) is 17.8 Å². The third kappa shape index (κ3) is 4.03. The van der Waals surface area contributed by atoms with Crippen molar-refractivity contribution in [3.05, 3.63) is 52.5 Å². The number of ether oxygens (including phenoxy) is 2. The Labute approximate surface area is 166 Å². The van der Waals surface area contributed by atoms with E-state index >= 15 is 0 Å². The fourth-order valence-corrected chi connectivity index (χ4v) is 3.28. The Morgan fingerprint density at radius 3 is 2.46 bits per heavy atom. The Morgan fingerprint density at radius 2 is 1.96 bits per heavy atom. The Kier molecular flexibility index (Phi) is 6.49. The van der Waals surface area contributed by atoms with Gasteiger partial charge in [0.1, 0.15) is 16.4 Å². The molecular formula is C17H18ClN3O6S. The van der Waals surface area contributed by atoms with Crippen LogP contribution in [0.1, 0.15) is 6.92 Å². The molecule has 0 spiro atoms. The predicted octanol–water partition coefficient (Wildman–Crippen LogP) is 2.67. The summed E-state index contributed by atoms with van der Waals surface area (Å²) >= 11 is 6.18. The van der Waals surface area contributed by atoms with Crippen molar-refractivity contribution in [3.8, 4) is 22.9 Å². The van der Waals surface area contributed by atoms with Crippen LogP contribution in [0.25, 0.3) is 17.1 Å². The third-order valence-electron chi connectivity index (χ3n) is 3.67. The smallest absolute Gasteiger partial charge is 0.348 e. The number of nitrogens with one attached hydrogen (secondary N) is 1. The Bertz CT molecular complexity index is 1130. The normalized spacial score (nSPS) is 12.8. The predicted molar refractivity (Wildman–Crippen MR) is 105 cm³/mol. The largest absolute Gasteiger partial charge is 0.496 e. The van der Waals surface area contributed by atoms with E-state index < -0.39 is 20.7 Å². The third-order valence-corrected chi connectivity index (χ3v) is 4.89. The van der Waals surface area contributed by atoms with Gasteiger partial charge in [-0.15, -0.1) is 0 Å². The second kappa shape index (κ2) is 8.46. The van der Waals surface area contributed by atoms with Crippen molar-refractivity contribution in [1.82, 2.24) is 14.8 Å². The van der Waals surface area contributed by atoms with Crippen molar-refractivity contribution in [2.45, 2.75) is 11.8 Å². The lowest BCUT2D eigenvalue weighted by Crippen LogP contribution is -2.17. The van der Waals surface area contributed by atoms with Gasteiger partial charge in [-0.2, -0.15) is 13.5 Å². The number of halogens is 1. The zero-order valence-electron chi connectivity index (χ0n) is 15.3. The first-order chi connectivity index (χ1) is 13.2. The van der Waals surface area contributed by atoms with Crippen LogP contribution in [0, 0.1) is 0 Å². The number of rotatable bonds is 7. The fraction of sp³-hybridized carbons (Fsp3) is 0.176. The number of H-pyrrole nitrogens is 1. The lowest BCUT2D eigenvalue weighted by molar-refractivity contribution is 0.383. The van der Waals surface area contributed by atoms with Gasteiger partial charge in [0, 0.05) is 6.07 Å². The number of aromatic nitrogens is 3. The van der Waals surface area contributed by atoms with Gasteiger partial charge < -0.3 is 9.47 Å². The van der Waals surface area contributed by atoms with Crippen LogP contribution < -0.4 is 15.2 Å². The minimum Gasteiger partial charge on any atom is -0.496 e. The summed E-state index contributed by atoms with van der Waals surface area (Å²) in [5, 5.41) is 6.41. The van der Waals surface area contributed by atoms with Gasteiger partial charge in [-0.3, -0.25) is 4.55 Å². The summed E-state index contributed by atoms with van der Waals surface area (Å²) in [5.74, 6) is 0.0161. The van der Waals surface area contributed by atoms with Crippen molar-refractivity contribution >= 4 is 27.4 Å². The quantitative estimate of drug-likeness (QED) is 0.514. The summed E-state index contributed by atoms with van der Waals surface area (Å²) in [6, 6.07) is 2.35. The summed E-state index contributed by atoms with van der Waals surface area (Å²) in [4.78, 5) is 11.9. The number of aromatic amines is 1. The highest BCUT2D eigenvalue weighted by Crippen LogP contribution is 2.38. The van der Waals surface area contributed by atoms with Crippen LogP contribution >= 0.6 is 11.6 Å². The molecule has 28 heavy (non-hydrogen) atoms. The second-order valence-electron chi connectivity index (χ2n) is 5.30. The van der Waals surface area contributed by atoms with Crippen LogP contribution in [-0.4, -0.2) is 42.0 Å². The first-order valence-corrected chi connectivity index (χ1v) is 9.57. The molecule has 2 N–H and O–H groups in total. The molecule has 0 aliphatic rings. The Balaban J connectivity index is 2.95. The topological polar surface area (TPSA) is 124 Å². The second-order valence-corrected chi connectivity index (χ2v) is 7.10. The number of methoxy groups -OCH3 is 2. The van der Waals surface area contributed by atoms with Crippen LogP contribution in [0.5, 0.6) is 11.5 Å². The molecule has 11 heteroatoms. The first kappa shape index (κ1) is 21.5. The highest BCUT2D eigenvalue weighted by Gasteiger charge is 2.25. The van der Waals surface area contributed by atoms with E-state index in [2.05, 4.69) is 16.8 Å². The summed E-state index contributed by atoms with van der Waals surface area (Å²) in [5.41, 5.74) is -0.279. The van der Waals surface area contributed by atoms with Gasteiger partial charge in [0.15, 0.2) is 5.82 Å². The molecule has 1 aromatic heterocycles. The molecule has 150 valence electrons. The van der Waals surface area contributed by atoms with Crippen molar-refractivity contribution in [2.75, 3.05) is 14.2 Å². The Morgan fingerprint density at radius 1 is 1.32 bits per heavy atom. The zero-order valence-corrected chi connectivity index (χ0v) is 16.8. The van der Waals surface area contributed by atoms with Gasteiger partial charge in [0.2, 0.25) is 0 Å². The van der Waals surface area contributed by atoms with Crippen LogP contribution in [0.4, 0.5) is 0 Å². The number of allylic oxidation sites excluding steroid dienone is 5. The molecule has 0 saturated heterocycles. The van der Waals surface area contributed by atoms with Gasteiger partial charge in [-0.05, 0) is 25.1 Å². The molecule has 0 amide bonds. The van der Waals surface area contributed by atoms with E-state index in [0.29, 0.717) is 0 Å². The molecule has 2 aromatic rings. The van der Waals surface area contributed by atoms with Crippen LogP contribution in [0.2, 0.25) is 0 Å². The van der Waals surface area contributed by atoms with Gasteiger partial charge in [0.25, 0.3) is 10.1 Å². The average molecular weight is 428 g/mol. The highest BCUT2D eigenvalue weighted by molar-refractivity contribution is 7.86. The van der Waals surface area contributed by atoms with E-state index in [0.717, 1.165) is 10.6 Å². The summed E-state index contributed by atoms with van der Waals surface area (Å²) < 4.78 is 44.5. The van der Waals surface area contributed by atoms with Gasteiger partial charge in [-0.25, -0.2) is 14.5 Å². The highest BCUT2D eigenvalue weighted by atomic mass is 35.5. The SMILES string of the molecule is C=C/C(Cl)=C(\C=C/C)n1c(-c2cc(S(=O)(=O)O)c(OC)cc2OC)n[nH]c1=O. The maximum absolute atomic E-state index is 12.4. The molecule has 0 unspecified atom stereocenters. The van der Waals surface area contributed by atoms with Crippen LogP contribution in [0.3, 0.4) is 0 Å². The van der Waals surface area contributed by atoms with Crippen LogP contribution in [-0.2, 0) is 10.1 Å². The van der Waals surface area contributed by atoms with E-state index in [4.69, 9.17) is 21.1 Å². The molecule has 0 fully saturated rings. The molecular weight excluding hydrogens is 410 g/mol. The average Bonchev–Trinajstić information content (AvgIpc) is 3.04. The van der Waals surface area contributed by atoms with Crippen molar-refractivity contribution in [1.29, 1.82) is 0 Å². The summed E-state index contributed by atoms with van der Waals surface area (Å²) in [6.07, 6.45) is 4.55. The molecule has 9 nitrogen and oxygen atoms in total. The molecule has 1 heterocycles. The minimum atomic E-state index is -4.63. The number of nitrogens with zero attached hydrogens (tertiary/aromatic N) is 2. The molecule has 0 bridgehead atoms. The standard InChI is InChI=1S/C17H18ClN3O6S/c1-5-7-12(11(18)6-2)21-16(19-20-17(21)22)10-8-15(28(23,24)25)14(27-4)9-13(10)26-3/h5-9H,2H2,1,3-4H3,(H,20,22)(H,23,24,25)/b7-5-,12-11-. The van der Waals surface area contributed by atoms with Gasteiger partial charge >= 0.3 is 5.69 Å². The molecule has 2 rings (SSSR count). The lowest BCUT2D eigenvalue weighted by Gasteiger charge is -2.14. The molecule has 0 atom stereocenters. The Hall–Kier alpha value is -2.82. The zero-order chi connectivity index (χ0) is 21.1. The van der Waals surface area contributed by atoms with E-state index in [-0.39, 0.29) is 33.6 Å². The monoisotopic (exact) mass is 427 g/mol. The van der Waals surface area contributed by atoms with Crippen LogP contribution in [0.15, 0.2) is 51.7 Å². The first-order valence-electron chi connectivity index (χ1n) is 7.76. The summed E-state index contributed by atoms with van der Waals surface area (Å²) in [7, 11) is -2.05. The molecule has 0 saturated carbocycles. The molecule has 0 aliphatic heterocycles.